The molecule has 0 unspecified atom stereocenters. The normalized spacial score (nSPS) is 10.9. The Labute approximate surface area is 180 Å². The number of ketones is 1. The lowest BCUT2D eigenvalue weighted by Crippen LogP contribution is -2.18. The molecule has 30 heavy (non-hydrogen) atoms. The summed E-state index contributed by atoms with van der Waals surface area (Å²) in [6.45, 7) is 11.2. The first kappa shape index (κ1) is 21.7. The Morgan fingerprint density at radius 2 is 1.70 bits per heavy atom. The van der Waals surface area contributed by atoms with E-state index in [1.165, 1.54) is 0 Å². The number of rotatable bonds is 5. The van der Waals surface area contributed by atoms with Crippen LogP contribution in [0, 0.1) is 41.5 Å². The van der Waals surface area contributed by atoms with Crippen molar-refractivity contribution in [2.75, 3.05) is 6.61 Å². The first-order chi connectivity index (χ1) is 14.1. The summed E-state index contributed by atoms with van der Waals surface area (Å²) < 4.78 is 6.87. The molecule has 0 bridgehead atoms. The number of nitrogens with zero attached hydrogens (tertiary/aromatic N) is 3. The van der Waals surface area contributed by atoms with Crippen molar-refractivity contribution in [3.05, 3.63) is 74.2 Å². The second-order valence-electron chi connectivity index (χ2n) is 7.45. The van der Waals surface area contributed by atoms with Gasteiger partial charge >= 0.3 is 5.97 Å². The molecule has 1 aromatic carbocycles. The summed E-state index contributed by atoms with van der Waals surface area (Å²) >= 11 is 6.16. The number of hydrogen-bond acceptors (Lipinski definition) is 5. The van der Waals surface area contributed by atoms with Crippen LogP contribution in [0.5, 0.6) is 0 Å². The van der Waals surface area contributed by atoms with Gasteiger partial charge < -0.3 is 4.74 Å². The molecule has 156 valence electrons. The van der Waals surface area contributed by atoms with Crippen molar-refractivity contribution in [3.63, 3.8) is 0 Å². The van der Waals surface area contributed by atoms with Crippen molar-refractivity contribution < 1.29 is 14.3 Å². The fraction of sp³-hybridized carbons (Fsp3) is 0.304. The zero-order valence-electron chi connectivity index (χ0n) is 18.0. The number of aromatic nitrogens is 3. The smallest absolute Gasteiger partial charge is 0.359 e. The first-order valence-electron chi connectivity index (χ1n) is 9.58. The van der Waals surface area contributed by atoms with E-state index < -0.39 is 5.97 Å². The average molecular weight is 426 g/mol. The van der Waals surface area contributed by atoms with Crippen molar-refractivity contribution in [2.45, 2.75) is 41.5 Å². The van der Waals surface area contributed by atoms with E-state index in [4.69, 9.17) is 16.3 Å². The molecular weight excluding hydrogens is 402 g/mol. The van der Waals surface area contributed by atoms with Gasteiger partial charge in [0.1, 0.15) is 0 Å². The number of pyridine rings is 1. The number of Topliss-reactive ketones (excluding diaryl/α,β-unsaturated/α-hetero) is 1. The van der Waals surface area contributed by atoms with Gasteiger partial charge in [-0.05, 0) is 88.1 Å². The molecule has 0 saturated heterocycles. The largest absolute Gasteiger partial charge is 0.453 e. The van der Waals surface area contributed by atoms with E-state index in [1.54, 1.807) is 16.8 Å². The van der Waals surface area contributed by atoms with E-state index in [0.717, 1.165) is 33.6 Å². The van der Waals surface area contributed by atoms with Crippen LogP contribution in [0.3, 0.4) is 0 Å². The lowest BCUT2D eigenvalue weighted by Gasteiger charge is -2.14. The molecule has 6 nitrogen and oxygen atoms in total. The van der Waals surface area contributed by atoms with Crippen LogP contribution >= 0.6 is 11.6 Å². The van der Waals surface area contributed by atoms with Crippen molar-refractivity contribution in [3.8, 4) is 5.82 Å². The second-order valence-corrected chi connectivity index (χ2v) is 7.86. The van der Waals surface area contributed by atoms with Crippen LogP contribution in [0.15, 0.2) is 24.3 Å². The maximum atomic E-state index is 12.7. The highest BCUT2D eigenvalue weighted by atomic mass is 35.5. The van der Waals surface area contributed by atoms with Gasteiger partial charge in [0.2, 0.25) is 5.78 Å². The van der Waals surface area contributed by atoms with Gasteiger partial charge in [0.05, 0.1) is 10.7 Å². The third kappa shape index (κ3) is 4.14. The van der Waals surface area contributed by atoms with Crippen molar-refractivity contribution in [1.29, 1.82) is 0 Å². The van der Waals surface area contributed by atoms with Crippen molar-refractivity contribution >= 4 is 23.4 Å². The van der Waals surface area contributed by atoms with Gasteiger partial charge in [0.15, 0.2) is 18.1 Å². The average Bonchev–Trinajstić information content (AvgIpc) is 3.05. The van der Waals surface area contributed by atoms with Crippen LogP contribution in [-0.2, 0) is 4.74 Å². The standard InChI is InChI=1S/C23H24ClN3O3/c1-12-9-18(17(6)16(5)15(12)4)20(28)11-30-23(29)22-19(24)7-8-21(25-22)27-14(3)10-13(2)26-27/h7-10H,11H2,1-6H3. The minimum Gasteiger partial charge on any atom is -0.453 e. The Morgan fingerprint density at radius 3 is 2.33 bits per heavy atom. The Balaban J connectivity index is 1.81. The molecule has 0 fully saturated rings. The number of halogens is 1. The van der Waals surface area contributed by atoms with Gasteiger partial charge in [0, 0.05) is 11.3 Å². The molecule has 0 atom stereocenters. The second kappa shape index (κ2) is 8.40. The van der Waals surface area contributed by atoms with E-state index in [1.807, 2.05) is 53.7 Å². The number of hydrogen-bond donors (Lipinski definition) is 0. The Bertz CT molecular complexity index is 1160. The van der Waals surface area contributed by atoms with Gasteiger partial charge in [0.25, 0.3) is 0 Å². The van der Waals surface area contributed by atoms with E-state index in [-0.39, 0.29) is 23.1 Å². The summed E-state index contributed by atoms with van der Waals surface area (Å²) in [5.74, 6) is -0.572. The van der Waals surface area contributed by atoms with Gasteiger partial charge in [-0.2, -0.15) is 5.10 Å². The highest BCUT2D eigenvalue weighted by Gasteiger charge is 2.20. The maximum absolute atomic E-state index is 12.7. The lowest BCUT2D eigenvalue weighted by molar-refractivity contribution is 0.0469. The monoisotopic (exact) mass is 425 g/mol. The number of esters is 1. The summed E-state index contributed by atoms with van der Waals surface area (Å²) in [7, 11) is 0. The minimum absolute atomic E-state index is 0.0532. The summed E-state index contributed by atoms with van der Waals surface area (Å²) in [6, 6.07) is 6.98. The molecule has 2 heterocycles. The molecule has 0 aliphatic rings. The molecule has 0 radical (unpaired) electrons. The van der Waals surface area contributed by atoms with Crippen LogP contribution < -0.4 is 0 Å². The van der Waals surface area contributed by atoms with E-state index in [2.05, 4.69) is 10.1 Å². The van der Waals surface area contributed by atoms with Crippen LogP contribution in [0.2, 0.25) is 5.02 Å². The molecule has 0 spiro atoms. The van der Waals surface area contributed by atoms with Crippen LogP contribution in [0.1, 0.15) is 54.5 Å². The van der Waals surface area contributed by atoms with Crippen LogP contribution in [0.25, 0.3) is 5.82 Å². The predicted molar refractivity (Wildman–Crippen MR) is 116 cm³/mol. The van der Waals surface area contributed by atoms with Crippen LogP contribution in [-0.4, -0.2) is 33.1 Å². The molecule has 3 aromatic rings. The number of carbonyl (C=O) groups excluding carboxylic acids is 2. The summed E-state index contributed by atoms with van der Waals surface area (Å²) in [4.78, 5) is 29.6. The molecule has 0 saturated carbocycles. The quantitative estimate of drug-likeness (QED) is 0.433. The van der Waals surface area contributed by atoms with Gasteiger partial charge in [-0.3, -0.25) is 4.79 Å². The van der Waals surface area contributed by atoms with Crippen molar-refractivity contribution in [1.82, 2.24) is 14.8 Å². The number of aryl methyl sites for hydroxylation is 3. The lowest BCUT2D eigenvalue weighted by atomic mass is 9.93. The van der Waals surface area contributed by atoms with E-state index >= 15 is 0 Å². The molecule has 3 rings (SSSR count). The predicted octanol–water partition coefficient (Wildman–Crippen LogP) is 4.81. The van der Waals surface area contributed by atoms with Crippen LogP contribution in [0.4, 0.5) is 0 Å². The Morgan fingerprint density at radius 1 is 1.00 bits per heavy atom. The fourth-order valence-corrected chi connectivity index (χ4v) is 3.52. The third-order valence-electron chi connectivity index (χ3n) is 5.37. The minimum atomic E-state index is -0.755. The summed E-state index contributed by atoms with van der Waals surface area (Å²) in [5.41, 5.74) is 6.33. The zero-order chi connectivity index (χ0) is 22.2. The highest BCUT2D eigenvalue weighted by Crippen LogP contribution is 2.22. The topological polar surface area (TPSA) is 74.1 Å². The van der Waals surface area contributed by atoms with Gasteiger partial charge in [-0.1, -0.05) is 11.6 Å². The number of carbonyl (C=O) groups is 2. The Kier molecular flexibility index (Phi) is 6.08. The molecule has 0 N–H and O–H groups in total. The Hall–Kier alpha value is -2.99. The van der Waals surface area contributed by atoms with Gasteiger partial charge in [-0.15, -0.1) is 0 Å². The number of benzene rings is 1. The van der Waals surface area contributed by atoms with E-state index in [0.29, 0.717) is 11.4 Å². The SMILES string of the molecule is Cc1cc(C)n(-c2ccc(Cl)c(C(=O)OCC(=O)c3cc(C)c(C)c(C)c3C)n2)n1. The molecule has 0 amide bonds. The third-order valence-corrected chi connectivity index (χ3v) is 5.67. The van der Waals surface area contributed by atoms with E-state index in [9.17, 15) is 9.59 Å². The zero-order valence-corrected chi connectivity index (χ0v) is 18.7. The number of ether oxygens (including phenoxy) is 1. The fourth-order valence-electron chi connectivity index (χ4n) is 3.33. The highest BCUT2D eigenvalue weighted by molar-refractivity contribution is 6.33. The van der Waals surface area contributed by atoms with Gasteiger partial charge in [-0.25, -0.2) is 14.5 Å². The first-order valence-corrected chi connectivity index (χ1v) is 9.95. The molecular formula is C23H24ClN3O3. The molecule has 7 heteroatoms. The molecule has 0 aliphatic carbocycles. The van der Waals surface area contributed by atoms with Crippen molar-refractivity contribution in [2.24, 2.45) is 0 Å². The maximum Gasteiger partial charge on any atom is 0.359 e. The molecule has 2 aromatic heterocycles. The summed E-state index contributed by atoms with van der Waals surface area (Å²) in [5, 5.41) is 4.51. The molecule has 0 aliphatic heterocycles. The summed E-state index contributed by atoms with van der Waals surface area (Å²) in [6.07, 6.45) is 0.